The summed E-state index contributed by atoms with van der Waals surface area (Å²) in [5.41, 5.74) is -1.05. The third-order valence-corrected chi connectivity index (χ3v) is 7.56. The molecule has 0 aliphatic rings. The highest BCUT2D eigenvalue weighted by molar-refractivity contribution is 7.92. The molecule has 0 aliphatic heterocycles. The van der Waals surface area contributed by atoms with Gasteiger partial charge < -0.3 is 14.8 Å². The zero-order valence-electron chi connectivity index (χ0n) is 20.0. The Morgan fingerprint density at radius 2 is 1.70 bits per heavy atom. The van der Waals surface area contributed by atoms with Gasteiger partial charge >= 0.3 is 6.18 Å². The number of nitrogens with one attached hydrogen (secondary N) is 1. The fraction of sp³-hybridized carbons (Fsp3) is 0.240. The predicted molar refractivity (Wildman–Crippen MR) is 134 cm³/mol. The number of sulfonamides is 1. The first-order chi connectivity index (χ1) is 17.4. The van der Waals surface area contributed by atoms with E-state index in [9.17, 15) is 26.4 Å². The Bertz CT molecular complexity index is 1370. The quantitative estimate of drug-likeness (QED) is 0.379. The van der Waals surface area contributed by atoms with Gasteiger partial charge in [0.15, 0.2) is 0 Å². The fourth-order valence-electron chi connectivity index (χ4n) is 3.59. The maximum absolute atomic E-state index is 13.5. The van der Waals surface area contributed by atoms with E-state index in [0.29, 0.717) is 27.4 Å². The molecule has 0 aliphatic carbocycles. The maximum Gasteiger partial charge on any atom is 0.417 e. The number of carbonyl (C=O) groups excluding carboxylic acids is 1. The number of anilines is 1. The van der Waals surface area contributed by atoms with Crippen molar-refractivity contribution in [2.75, 3.05) is 25.1 Å². The first kappa shape index (κ1) is 28.1. The Hall–Kier alpha value is -3.44. The van der Waals surface area contributed by atoms with Crippen LogP contribution in [0.5, 0.6) is 11.5 Å². The molecule has 1 N–H and O–H groups in total. The van der Waals surface area contributed by atoms with Crippen LogP contribution in [0.3, 0.4) is 0 Å². The number of amides is 1. The van der Waals surface area contributed by atoms with Crippen molar-refractivity contribution in [3.8, 4) is 11.5 Å². The second-order valence-corrected chi connectivity index (χ2v) is 10.2. The molecule has 0 aromatic heterocycles. The number of methoxy groups -OCH3 is 2. The largest absolute Gasteiger partial charge is 0.497 e. The molecule has 1 unspecified atom stereocenters. The van der Waals surface area contributed by atoms with E-state index in [1.165, 1.54) is 38.5 Å². The van der Waals surface area contributed by atoms with E-state index in [0.717, 1.165) is 12.1 Å². The molecule has 0 heterocycles. The lowest BCUT2D eigenvalue weighted by Crippen LogP contribution is -2.41. The monoisotopic (exact) mass is 556 g/mol. The zero-order valence-corrected chi connectivity index (χ0v) is 21.6. The van der Waals surface area contributed by atoms with Crippen LogP contribution in [-0.4, -0.2) is 35.1 Å². The number of benzene rings is 3. The van der Waals surface area contributed by atoms with Crippen LogP contribution in [0.1, 0.15) is 24.1 Å². The summed E-state index contributed by atoms with van der Waals surface area (Å²) < 4.78 is 78.6. The van der Waals surface area contributed by atoms with Crippen molar-refractivity contribution in [2.45, 2.75) is 24.0 Å². The third kappa shape index (κ3) is 6.47. The molecule has 1 atom stereocenters. The molecule has 3 aromatic rings. The van der Waals surface area contributed by atoms with E-state index in [4.69, 9.17) is 21.1 Å². The van der Waals surface area contributed by atoms with Gasteiger partial charge in [-0.1, -0.05) is 29.8 Å². The molecule has 0 radical (unpaired) electrons. The van der Waals surface area contributed by atoms with E-state index < -0.39 is 45.3 Å². The van der Waals surface area contributed by atoms with E-state index in [2.05, 4.69) is 5.32 Å². The third-order valence-electron chi connectivity index (χ3n) is 5.44. The molecule has 0 saturated heterocycles. The summed E-state index contributed by atoms with van der Waals surface area (Å²) in [6.45, 7) is 0.849. The lowest BCUT2D eigenvalue weighted by atomic mass is 10.1. The number of halogens is 4. The number of carbonyl (C=O) groups is 1. The molecule has 37 heavy (non-hydrogen) atoms. The van der Waals surface area contributed by atoms with Gasteiger partial charge in [0.2, 0.25) is 5.91 Å². The van der Waals surface area contributed by atoms with Crippen LogP contribution < -0.4 is 19.1 Å². The molecular formula is C25H24ClF3N2O5S. The Morgan fingerprint density at radius 3 is 2.30 bits per heavy atom. The fourth-order valence-corrected chi connectivity index (χ4v) is 5.25. The highest BCUT2D eigenvalue weighted by atomic mass is 35.5. The Kier molecular flexibility index (Phi) is 8.60. The Labute approximate surface area is 217 Å². The topological polar surface area (TPSA) is 84.9 Å². The summed E-state index contributed by atoms with van der Waals surface area (Å²) >= 11 is 5.72. The van der Waals surface area contributed by atoms with Crippen LogP contribution in [0, 0.1) is 0 Å². The van der Waals surface area contributed by atoms with Gasteiger partial charge in [-0.2, -0.15) is 13.2 Å². The van der Waals surface area contributed by atoms with Gasteiger partial charge in [0.1, 0.15) is 18.0 Å². The van der Waals surface area contributed by atoms with Gasteiger partial charge in [-0.15, -0.1) is 0 Å². The lowest BCUT2D eigenvalue weighted by Gasteiger charge is -2.26. The Morgan fingerprint density at radius 1 is 1.03 bits per heavy atom. The van der Waals surface area contributed by atoms with Crippen molar-refractivity contribution in [1.29, 1.82) is 0 Å². The van der Waals surface area contributed by atoms with Crippen molar-refractivity contribution in [3.63, 3.8) is 0 Å². The standard InChI is InChI=1S/C25H24ClF3N2O5S/c1-16(20-14-18(35-2)10-12-23(20)36-3)30-24(32)15-31(37(33,34)19-7-5-4-6-8-19)17-9-11-22(26)21(13-17)25(27,28)29/h4-14,16H,15H2,1-3H3,(H,30,32). The molecule has 0 bridgehead atoms. The molecule has 1 amide bonds. The van der Waals surface area contributed by atoms with Crippen molar-refractivity contribution in [2.24, 2.45) is 0 Å². The summed E-state index contributed by atoms with van der Waals surface area (Å²) in [6, 6.07) is 14.0. The summed E-state index contributed by atoms with van der Waals surface area (Å²) in [5, 5.41) is 2.07. The van der Waals surface area contributed by atoms with Crippen LogP contribution in [0.25, 0.3) is 0 Å². The average Bonchev–Trinajstić information content (AvgIpc) is 2.87. The molecule has 0 spiro atoms. The van der Waals surface area contributed by atoms with Crippen LogP contribution in [-0.2, 0) is 21.0 Å². The van der Waals surface area contributed by atoms with Gasteiger partial charge in [-0.25, -0.2) is 8.42 Å². The normalized spacial score (nSPS) is 12.5. The van der Waals surface area contributed by atoms with E-state index in [1.54, 1.807) is 31.2 Å². The van der Waals surface area contributed by atoms with Crippen LogP contribution in [0.2, 0.25) is 5.02 Å². The van der Waals surface area contributed by atoms with Crippen LogP contribution in [0.15, 0.2) is 71.6 Å². The predicted octanol–water partition coefficient (Wildman–Crippen LogP) is 5.45. The average molecular weight is 557 g/mol. The van der Waals surface area contributed by atoms with Crippen molar-refractivity contribution in [3.05, 3.63) is 82.9 Å². The van der Waals surface area contributed by atoms with Gasteiger partial charge in [-0.05, 0) is 55.5 Å². The highest BCUT2D eigenvalue weighted by Gasteiger charge is 2.35. The minimum Gasteiger partial charge on any atom is -0.497 e. The molecule has 3 aromatic carbocycles. The highest BCUT2D eigenvalue weighted by Crippen LogP contribution is 2.38. The number of ether oxygens (including phenoxy) is 2. The first-order valence-electron chi connectivity index (χ1n) is 10.8. The second-order valence-electron chi connectivity index (χ2n) is 7.88. The summed E-state index contributed by atoms with van der Waals surface area (Å²) in [6.07, 6.45) is -4.84. The minimum atomic E-state index is -4.84. The van der Waals surface area contributed by atoms with Gasteiger partial charge in [0, 0.05) is 5.56 Å². The van der Waals surface area contributed by atoms with E-state index >= 15 is 0 Å². The maximum atomic E-state index is 13.5. The van der Waals surface area contributed by atoms with Crippen LogP contribution >= 0.6 is 11.6 Å². The molecule has 3 rings (SSSR count). The lowest BCUT2D eigenvalue weighted by molar-refractivity contribution is -0.137. The minimum absolute atomic E-state index is 0.200. The van der Waals surface area contributed by atoms with E-state index in [1.807, 2.05) is 0 Å². The Balaban J connectivity index is 1.99. The number of hydrogen-bond donors (Lipinski definition) is 1. The number of rotatable bonds is 9. The molecule has 12 heteroatoms. The number of hydrogen-bond acceptors (Lipinski definition) is 5. The van der Waals surface area contributed by atoms with Crippen molar-refractivity contribution in [1.82, 2.24) is 5.32 Å². The van der Waals surface area contributed by atoms with Gasteiger partial charge in [0.05, 0.1) is 41.4 Å². The van der Waals surface area contributed by atoms with Gasteiger partial charge in [-0.3, -0.25) is 9.10 Å². The second kappa shape index (κ2) is 11.3. The molecule has 7 nitrogen and oxygen atoms in total. The molecule has 0 fully saturated rings. The van der Waals surface area contributed by atoms with Crippen molar-refractivity contribution >= 4 is 33.2 Å². The number of alkyl halides is 3. The smallest absolute Gasteiger partial charge is 0.417 e. The first-order valence-corrected chi connectivity index (χ1v) is 12.7. The summed E-state index contributed by atoms with van der Waals surface area (Å²) in [4.78, 5) is 12.9. The van der Waals surface area contributed by atoms with E-state index in [-0.39, 0.29) is 10.6 Å². The zero-order chi connectivity index (χ0) is 27.4. The number of nitrogens with zero attached hydrogens (tertiary/aromatic N) is 1. The van der Waals surface area contributed by atoms with Crippen molar-refractivity contribution < 1.29 is 35.9 Å². The summed E-state index contributed by atoms with van der Waals surface area (Å²) in [7, 11) is -1.50. The van der Waals surface area contributed by atoms with Gasteiger partial charge in [0.25, 0.3) is 10.0 Å². The molecule has 0 saturated carbocycles. The molecule has 198 valence electrons. The molecular weight excluding hydrogens is 533 g/mol. The SMILES string of the molecule is COc1ccc(OC)c(C(C)NC(=O)CN(c2ccc(Cl)c(C(F)(F)F)c2)S(=O)(=O)c2ccccc2)c1. The summed E-state index contributed by atoms with van der Waals surface area (Å²) in [5.74, 6) is 0.196. The van der Waals surface area contributed by atoms with Crippen LogP contribution in [0.4, 0.5) is 18.9 Å².